The Bertz CT molecular complexity index is 1050. The second-order valence-corrected chi connectivity index (χ2v) is 6.62. The molecule has 7 heteroatoms. The van der Waals surface area contributed by atoms with Crippen molar-refractivity contribution in [3.8, 4) is 0 Å². The van der Waals surface area contributed by atoms with Crippen LogP contribution in [0.3, 0.4) is 0 Å². The summed E-state index contributed by atoms with van der Waals surface area (Å²) in [4.78, 5) is 24.3. The summed E-state index contributed by atoms with van der Waals surface area (Å²) >= 11 is 5.83. The lowest BCUT2D eigenvalue weighted by Gasteiger charge is -2.07. The van der Waals surface area contributed by atoms with Crippen molar-refractivity contribution < 1.29 is 14.0 Å². The van der Waals surface area contributed by atoms with E-state index in [4.69, 9.17) is 11.6 Å². The summed E-state index contributed by atoms with van der Waals surface area (Å²) in [6.45, 7) is 1.74. The van der Waals surface area contributed by atoms with E-state index in [1.165, 1.54) is 24.3 Å². The fraction of sp³-hybridized carbons (Fsp3) is 0.0455. The highest BCUT2D eigenvalue weighted by Gasteiger charge is 2.07. The van der Waals surface area contributed by atoms with Gasteiger partial charge in [-0.05, 0) is 73.2 Å². The van der Waals surface area contributed by atoms with Crippen LogP contribution in [-0.2, 0) is 0 Å². The molecule has 0 atom stereocenters. The van der Waals surface area contributed by atoms with E-state index in [0.29, 0.717) is 27.5 Å². The molecule has 0 fully saturated rings. The molecule has 0 heterocycles. The van der Waals surface area contributed by atoms with E-state index < -0.39 is 11.7 Å². The minimum atomic E-state index is -0.434. The molecule has 0 aliphatic heterocycles. The predicted octanol–water partition coefficient (Wildman–Crippen LogP) is 4.89. The fourth-order valence-corrected chi connectivity index (χ4v) is 2.59. The minimum absolute atomic E-state index is 0.244. The minimum Gasteiger partial charge on any atom is -0.322 e. The van der Waals surface area contributed by atoms with Gasteiger partial charge in [0.05, 0.1) is 5.71 Å². The van der Waals surface area contributed by atoms with Crippen LogP contribution < -0.4 is 10.7 Å². The van der Waals surface area contributed by atoms with E-state index in [-0.39, 0.29) is 5.91 Å². The zero-order valence-electron chi connectivity index (χ0n) is 15.4. The highest BCUT2D eigenvalue weighted by atomic mass is 35.5. The van der Waals surface area contributed by atoms with Gasteiger partial charge in [0.15, 0.2) is 0 Å². The van der Waals surface area contributed by atoms with Gasteiger partial charge >= 0.3 is 0 Å². The summed E-state index contributed by atoms with van der Waals surface area (Å²) in [5.74, 6) is -1.09. The van der Waals surface area contributed by atoms with Crippen molar-refractivity contribution in [2.45, 2.75) is 6.92 Å². The highest BCUT2D eigenvalue weighted by Crippen LogP contribution is 2.14. The van der Waals surface area contributed by atoms with Crippen LogP contribution in [0.4, 0.5) is 10.1 Å². The molecule has 146 valence electrons. The number of nitrogens with one attached hydrogen (secondary N) is 2. The van der Waals surface area contributed by atoms with Crippen molar-refractivity contribution in [3.63, 3.8) is 0 Å². The zero-order valence-corrected chi connectivity index (χ0v) is 16.2. The molecule has 3 aromatic carbocycles. The molecule has 0 saturated carbocycles. The number of hydrazone groups is 1. The van der Waals surface area contributed by atoms with E-state index in [9.17, 15) is 14.0 Å². The van der Waals surface area contributed by atoms with Gasteiger partial charge in [-0.3, -0.25) is 9.59 Å². The maximum absolute atomic E-state index is 12.9. The molecule has 0 bridgehead atoms. The number of nitrogens with zero attached hydrogens (tertiary/aromatic N) is 1. The third kappa shape index (κ3) is 5.49. The third-order valence-electron chi connectivity index (χ3n) is 4.10. The van der Waals surface area contributed by atoms with Gasteiger partial charge in [-0.1, -0.05) is 23.7 Å². The van der Waals surface area contributed by atoms with Crippen LogP contribution in [0, 0.1) is 5.82 Å². The van der Waals surface area contributed by atoms with Crippen molar-refractivity contribution in [3.05, 3.63) is 100 Å². The quantitative estimate of drug-likeness (QED) is 0.465. The summed E-state index contributed by atoms with van der Waals surface area (Å²) in [6.07, 6.45) is 0. The van der Waals surface area contributed by atoms with Crippen molar-refractivity contribution in [2.75, 3.05) is 5.32 Å². The molecule has 0 radical (unpaired) electrons. The Morgan fingerprint density at radius 2 is 1.31 bits per heavy atom. The summed E-state index contributed by atoms with van der Waals surface area (Å²) in [5.41, 5.74) is 5.22. The Kier molecular flexibility index (Phi) is 6.36. The van der Waals surface area contributed by atoms with Crippen LogP contribution in [0.1, 0.15) is 33.2 Å². The van der Waals surface area contributed by atoms with Gasteiger partial charge in [-0.15, -0.1) is 0 Å². The molecule has 29 heavy (non-hydrogen) atoms. The number of hydrogen-bond acceptors (Lipinski definition) is 3. The maximum Gasteiger partial charge on any atom is 0.271 e. The molecule has 3 rings (SSSR count). The van der Waals surface area contributed by atoms with Crippen LogP contribution in [0.15, 0.2) is 77.9 Å². The van der Waals surface area contributed by atoms with Gasteiger partial charge in [0.25, 0.3) is 11.8 Å². The van der Waals surface area contributed by atoms with Crippen LogP contribution in [-0.4, -0.2) is 17.5 Å². The molecule has 0 unspecified atom stereocenters. The number of anilines is 1. The fourth-order valence-electron chi connectivity index (χ4n) is 2.46. The lowest BCUT2D eigenvalue weighted by atomic mass is 10.1. The van der Waals surface area contributed by atoms with Gasteiger partial charge in [-0.25, -0.2) is 9.82 Å². The van der Waals surface area contributed by atoms with E-state index >= 15 is 0 Å². The topological polar surface area (TPSA) is 70.6 Å². The Balaban J connectivity index is 1.62. The number of halogens is 2. The van der Waals surface area contributed by atoms with Crippen molar-refractivity contribution in [1.82, 2.24) is 5.43 Å². The number of benzene rings is 3. The smallest absolute Gasteiger partial charge is 0.271 e. The largest absolute Gasteiger partial charge is 0.322 e. The molecule has 0 aliphatic carbocycles. The lowest BCUT2D eigenvalue weighted by Crippen LogP contribution is -2.19. The zero-order chi connectivity index (χ0) is 20.8. The second kappa shape index (κ2) is 9.12. The molecule has 2 amide bonds. The molecule has 0 saturated heterocycles. The summed E-state index contributed by atoms with van der Waals surface area (Å²) < 4.78 is 12.9. The number of carbonyl (C=O) groups is 2. The average Bonchev–Trinajstić information content (AvgIpc) is 2.73. The van der Waals surface area contributed by atoms with Crippen LogP contribution in [0.25, 0.3) is 0 Å². The predicted molar refractivity (Wildman–Crippen MR) is 112 cm³/mol. The molecular weight excluding hydrogens is 393 g/mol. The number of carbonyl (C=O) groups excluding carboxylic acids is 2. The van der Waals surface area contributed by atoms with Gasteiger partial charge in [-0.2, -0.15) is 5.10 Å². The average molecular weight is 410 g/mol. The van der Waals surface area contributed by atoms with Crippen molar-refractivity contribution in [2.24, 2.45) is 5.10 Å². The standard InChI is InChI=1S/C22H17ClFN3O2/c1-14(26-27-22(29)17-4-10-19(24)11-5-17)15-6-12-20(13-7-15)25-21(28)16-2-8-18(23)9-3-16/h2-13H,1H3,(H,25,28)(H,27,29). The summed E-state index contributed by atoms with van der Waals surface area (Å²) in [5, 5.41) is 7.42. The molecule has 5 nitrogen and oxygen atoms in total. The molecule has 2 N–H and O–H groups in total. The first-order valence-corrected chi connectivity index (χ1v) is 9.08. The van der Waals surface area contributed by atoms with Gasteiger partial charge < -0.3 is 5.32 Å². The number of rotatable bonds is 5. The van der Waals surface area contributed by atoms with Crippen LogP contribution in [0.2, 0.25) is 5.02 Å². The normalized spacial score (nSPS) is 11.1. The molecule has 3 aromatic rings. The summed E-state index contributed by atoms with van der Waals surface area (Å²) in [6, 6.07) is 18.8. The van der Waals surface area contributed by atoms with Gasteiger partial charge in [0, 0.05) is 21.8 Å². The Hall–Kier alpha value is -3.51. The summed E-state index contributed by atoms with van der Waals surface area (Å²) in [7, 11) is 0. The Labute approximate surface area is 172 Å². The Morgan fingerprint density at radius 1 is 0.793 bits per heavy atom. The van der Waals surface area contributed by atoms with Crippen molar-refractivity contribution in [1.29, 1.82) is 0 Å². The first kappa shape index (κ1) is 20.2. The van der Waals surface area contributed by atoms with Crippen LogP contribution in [0.5, 0.6) is 0 Å². The van der Waals surface area contributed by atoms with Crippen LogP contribution >= 0.6 is 11.6 Å². The van der Waals surface area contributed by atoms with Gasteiger partial charge in [0.1, 0.15) is 5.82 Å². The monoisotopic (exact) mass is 409 g/mol. The number of amides is 2. The van der Waals surface area contributed by atoms with Gasteiger partial charge in [0.2, 0.25) is 0 Å². The highest BCUT2D eigenvalue weighted by molar-refractivity contribution is 6.30. The molecular formula is C22H17ClFN3O2. The maximum atomic E-state index is 12.9. The third-order valence-corrected chi connectivity index (χ3v) is 4.35. The molecule has 0 aromatic heterocycles. The first-order valence-electron chi connectivity index (χ1n) is 8.70. The van der Waals surface area contributed by atoms with Crippen molar-refractivity contribution >= 4 is 34.8 Å². The van der Waals surface area contributed by atoms with E-state index in [0.717, 1.165) is 5.56 Å². The molecule has 0 aliphatic rings. The second-order valence-electron chi connectivity index (χ2n) is 6.18. The number of hydrogen-bond donors (Lipinski definition) is 2. The van der Waals surface area contributed by atoms with E-state index in [2.05, 4.69) is 15.8 Å². The Morgan fingerprint density at radius 3 is 1.93 bits per heavy atom. The van der Waals surface area contributed by atoms with E-state index in [1.54, 1.807) is 55.5 Å². The first-order chi connectivity index (χ1) is 13.9. The van der Waals surface area contributed by atoms with E-state index in [1.807, 2.05) is 0 Å². The SMILES string of the molecule is CC(=NNC(=O)c1ccc(F)cc1)c1ccc(NC(=O)c2ccc(Cl)cc2)cc1. The molecule has 0 spiro atoms. The lowest BCUT2D eigenvalue weighted by molar-refractivity contribution is 0.0954.